The van der Waals surface area contributed by atoms with Gasteiger partial charge in [-0.1, -0.05) is 82.7 Å². The van der Waals surface area contributed by atoms with Crippen LogP contribution in [0.3, 0.4) is 0 Å². The molecule has 0 bridgehead atoms. The molecular formula is C26H19BrN2. The predicted molar refractivity (Wildman–Crippen MR) is 124 cm³/mol. The predicted octanol–water partition coefficient (Wildman–Crippen LogP) is 7.43. The van der Waals surface area contributed by atoms with E-state index in [9.17, 15) is 0 Å². The highest BCUT2D eigenvalue weighted by Crippen LogP contribution is 2.32. The molecule has 0 radical (unpaired) electrons. The average Bonchev–Trinajstić information content (AvgIpc) is 3.16. The third-order valence-corrected chi connectivity index (χ3v) is 5.73. The van der Waals surface area contributed by atoms with Crippen molar-refractivity contribution in [2.45, 2.75) is 6.92 Å². The van der Waals surface area contributed by atoms with Crippen molar-refractivity contribution in [1.82, 2.24) is 9.55 Å². The molecule has 29 heavy (non-hydrogen) atoms. The van der Waals surface area contributed by atoms with E-state index in [4.69, 9.17) is 4.98 Å². The zero-order valence-corrected chi connectivity index (χ0v) is 17.6. The quantitative estimate of drug-likeness (QED) is 0.286. The molecule has 2 nitrogen and oxygen atoms in total. The summed E-state index contributed by atoms with van der Waals surface area (Å²) >= 11 is 3.52. The van der Waals surface area contributed by atoms with Gasteiger partial charge in [0.15, 0.2) is 0 Å². The second kappa shape index (κ2) is 7.34. The minimum atomic E-state index is 0.961. The van der Waals surface area contributed by atoms with Crippen molar-refractivity contribution in [1.29, 1.82) is 0 Å². The number of rotatable bonds is 3. The van der Waals surface area contributed by atoms with Crippen LogP contribution in [0.25, 0.3) is 39.2 Å². The zero-order chi connectivity index (χ0) is 19.8. The Bertz CT molecular complexity index is 1300. The van der Waals surface area contributed by atoms with Gasteiger partial charge >= 0.3 is 0 Å². The van der Waals surface area contributed by atoms with Crippen molar-refractivity contribution in [3.63, 3.8) is 0 Å². The Hall–Kier alpha value is -3.17. The van der Waals surface area contributed by atoms with Crippen LogP contribution in [0.1, 0.15) is 5.56 Å². The fraction of sp³-hybridized carbons (Fsp3) is 0.0385. The van der Waals surface area contributed by atoms with Crippen LogP contribution in [0.4, 0.5) is 0 Å². The topological polar surface area (TPSA) is 17.8 Å². The highest BCUT2D eigenvalue weighted by Gasteiger charge is 2.15. The second-order valence-electron chi connectivity index (χ2n) is 7.14. The van der Waals surface area contributed by atoms with Crippen LogP contribution >= 0.6 is 15.9 Å². The Morgan fingerprint density at radius 1 is 0.690 bits per heavy atom. The number of nitrogens with zero attached hydrogens (tertiary/aromatic N) is 2. The largest absolute Gasteiger partial charge is 0.292 e. The summed E-state index contributed by atoms with van der Waals surface area (Å²) in [7, 11) is 0. The summed E-state index contributed by atoms with van der Waals surface area (Å²) in [6.45, 7) is 2.12. The molecule has 1 aromatic heterocycles. The van der Waals surface area contributed by atoms with Gasteiger partial charge < -0.3 is 0 Å². The van der Waals surface area contributed by atoms with Crippen LogP contribution in [0.15, 0.2) is 102 Å². The molecule has 5 rings (SSSR count). The van der Waals surface area contributed by atoms with Gasteiger partial charge in [0.1, 0.15) is 5.82 Å². The highest BCUT2D eigenvalue weighted by molar-refractivity contribution is 9.10. The molecule has 4 aromatic carbocycles. The van der Waals surface area contributed by atoms with E-state index in [0.29, 0.717) is 0 Å². The van der Waals surface area contributed by atoms with E-state index < -0.39 is 0 Å². The van der Waals surface area contributed by atoms with Crippen molar-refractivity contribution < 1.29 is 0 Å². The van der Waals surface area contributed by atoms with Crippen molar-refractivity contribution in [3.05, 3.63) is 107 Å². The van der Waals surface area contributed by atoms with Crippen LogP contribution in [-0.4, -0.2) is 9.55 Å². The number of benzene rings is 4. The average molecular weight is 439 g/mol. The van der Waals surface area contributed by atoms with Crippen molar-refractivity contribution in [3.8, 4) is 28.2 Å². The van der Waals surface area contributed by atoms with E-state index in [-0.39, 0.29) is 0 Å². The van der Waals surface area contributed by atoms with Gasteiger partial charge in [0.25, 0.3) is 0 Å². The van der Waals surface area contributed by atoms with Crippen LogP contribution < -0.4 is 0 Å². The summed E-state index contributed by atoms with van der Waals surface area (Å²) in [5, 5.41) is 0. The molecule has 0 aliphatic rings. The third-order valence-electron chi connectivity index (χ3n) is 5.20. The maximum atomic E-state index is 5.03. The molecule has 0 atom stereocenters. The van der Waals surface area contributed by atoms with Gasteiger partial charge in [-0.2, -0.15) is 0 Å². The van der Waals surface area contributed by atoms with Crippen molar-refractivity contribution in [2.75, 3.05) is 0 Å². The van der Waals surface area contributed by atoms with Crippen molar-refractivity contribution in [2.24, 2.45) is 0 Å². The number of hydrogen-bond acceptors (Lipinski definition) is 1. The summed E-state index contributed by atoms with van der Waals surface area (Å²) in [6.07, 6.45) is 0. The molecule has 5 aromatic rings. The molecule has 1 heterocycles. The number of hydrogen-bond donors (Lipinski definition) is 0. The Morgan fingerprint density at radius 3 is 2.21 bits per heavy atom. The first-order chi connectivity index (χ1) is 14.2. The van der Waals surface area contributed by atoms with Gasteiger partial charge in [-0.15, -0.1) is 0 Å². The summed E-state index contributed by atoms with van der Waals surface area (Å²) in [4.78, 5) is 5.03. The van der Waals surface area contributed by atoms with E-state index in [0.717, 1.165) is 32.6 Å². The number of aromatic nitrogens is 2. The molecule has 0 saturated heterocycles. The first kappa shape index (κ1) is 17.9. The van der Waals surface area contributed by atoms with E-state index in [2.05, 4.69) is 118 Å². The minimum absolute atomic E-state index is 0.961. The SMILES string of the molecule is Cc1cccc2c1nc(-c1ccccc1)n2-c1cccc(-c2ccc(Br)cc2)c1. The monoisotopic (exact) mass is 438 g/mol. The lowest BCUT2D eigenvalue weighted by atomic mass is 10.0. The fourth-order valence-electron chi connectivity index (χ4n) is 3.75. The van der Waals surface area contributed by atoms with Gasteiger partial charge in [-0.3, -0.25) is 4.57 Å². The molecule has 0 aliphatic heterocycles. The molecular weight excluding hydrogens is 420 g/mol. The molecule has 3 heteroatoms. The lowest BCUT2D eigenvalue weighted by Crippen LogP contribution is -1.98. The first-order valence-corrected chi connectivity index (χ1v) is 10.4. The van der Waals surface area contributed by atoms with E-state index >= 15 is 0 Å². The van der Waals surface area contributed by atoms with E-state index in [1.165, 1.54) is 16.7 Å². The van der Waals surface area contributed by atoms with Gasteiger partial charge in [0, 0.05) is 15.7 Å². The molecule has 0 aliphatic carbocycles. The van der Waals surface area contributed by atoms with E-state index in [1.54, 1.807) is 0 Å². The smallest absolute Gasteiger partial charge is 0.145 e. The third kappa shape index (κ3) is 3.28. The fourth-order valence-corrected chi connectivity index (χ4v) is 4.01. The summed E-state index contributed by atoms with van der Waals surface area (Å²) < 4.78 is 3.35. The van der Waals surface area contributed by atoms with Crippen LogP contribution in [0, 0.1) is 6.92 Å². The highest BCUT2D eigenvalue weighted by atomic mass is 79.9. The molecule has 0 saturated carbocycles. The van der Waals surface area contributed by atoms with Gasteiger partial charge in [-0.05, 0) is 53.9 Å². The number of aryl methyl sites for hydroxylation is 1. The zero-order valence-electron chi connectivity index (χ0n) is 16.0. The van der Waals surface area contributed by atoms with Crippen molar-refractivity contribution >= 4 is 27.0 Å². The molecule has 0 amide bonds. The lowest BCUT2D eigenvalue weighted by molar-refractivity contribution is 1.10. The van der Waals surface area contributed by atoms with Gasteiger partial charge in [-0.25, -0.2) is 4.98 Å². The molecule has 0 unspecified atom stereocenters. The normalized spacial score (nSPS) is 11.1. The van der Waals surface area contributed by atoms with Gasteiger partial charge in [0.05, 0.1) is 11.0 Å². The maximum absolute atomic E-state index is 5.03. The maximum Gasteiger partial charge on any atom is 0.145 e. The lowest BCUT2D eigenvalue weighted by Gasteiger charge is -2.12. The minimum Gasteiger partial charge on any atom is -0.292 e. The molecule has 0 N–H and O–H groups in total. The first-order valence-electron chi connectivity index (χ1n) is 9.60. The Morgan fingerprint density at radius 2 is 1.41 bits per heavy atom. The Balaban J connectivity index is 1.76. The molecule has 0 spiro atoms. The summed E-state index contributed by atoms with van der Waals surface area (Å²) in [5.74, 6) is 0.961. The molecule has 140 valence electrons. The Labute approximate surface area is 178 Å². The Kier molecular flexibility index (Phi) is 4.53. The standard InChI is InChI=1S/C26H19BrN2/c1-18-7-5-12-24-25(18)28-26(20-8-3-2-4-9-20)29(24)23-11-6-10-21(17-23)19-13-15-22(27)16-14-19/h2-17H,1H3. The number of fused-ring (bicyclic) bond motifs is 1. The summed E-state index contributed by atoms with van der Waals surface area (Å²) in [6, 6.07) is 33.8. The second-order valence-corrected chi connectivity index (χ2v) is 8.05. The van der Waals surface area contributed by atoms with Crippen LogP contribution in [-0.2, 0) is 0 Å². The number of halogens is 1. The van der Waals surface area contributed by atoms with Crippen LogP contribution in [0.5, 0.6) is 0 Å². The van der Waals surface area contributed by atoms with Gasteiger partial charge in [0.2, 0.25) is 0 Å². The number of imidazole rings is 1. The molecule has 0 fully saturated rings. The van der Waals surface area contributed by atoms with Crippen LogP contribution in [0.2, 0.25) is 0 Å². The number of para-hydroxylation sites is 1. The summed E-state index contributed by atoms with van der Waals surface area (Å²) in [5.41, 5.74) is 7.94. The van der Waals surface area contributed by atoms with E-state index in [1.807, 2.05) is 6.07 Å².